The maximum absolute atomic E-state index is 12.5. The van der Waals surface area contributed by atoms with Crippen LogP contribution in [0.25, 0.3) is 0 Å². The first-order chi connectivity index (χ1) is 8.94. The molecule has 1 aromatic heterocycles. The number of carboxylic acid groups (broad SMARTS) is 1. The summed E-state index contributed by atoms with van der Waals surface area (Å²) in [6.45, 7) is 2.10. The minimum absolute atomic E-state index is 0.0773. The van der Waals surface area contributed by atoms with E-state index in [-0.39, 0.29) is 23.8 Å². The number of sulfonamides is 1. The summed E-state index contributed by atoms with van der Waals surface area (Å²) in [7, 11) is -3.95. The molecule has 1 fully saturated rings. The van der Waals surface area contributed by atoms with E-state index >= 15 is 0 Å². The van der Waals surface area contributed by atoms with E-state index in [1.165, 1.54) is 19.3 Å². The van der Waals surface area contributed by atoms with Crippen molar-refractivity contribution in [2.75, 3.05) is 19.6 Å². The molecule has 2 N–H and O–H groups in total. The van der Waals surface area contributed by atoms with Gasteiger partial charge in [0.05, 0.1) is 5.69 Å². The second-order valence-electron chi connectivity index (χ2n) is 4.12. The third kappa shape index (κ3) is 2.57. The van der Waals surface area contributed by atoms with Crippen LogP contribution in [0.1, 0.15) is 5.69 Å². The standard InChI is InChI=1S/C10H14N4O4S/c1-7-9(13-3-2-12-7)19(17,18)14-5-4-11-6-8(14)10(15)16/h2-3,8,11H,4-6H2,1H3,(H,15,16). The number of aliphatic carboxylic acids is 1. The summed E-state index contributed by atoms with van der Waals surface area (Å²) >= 11 is 0. The van der Waals surface area contributed by atoms with Gasteiger partial charge in [-0.05, 0) is 6.92 Å². The van der Waals surface area contributed by atoms with Crippen molar-refractivity contribution in [3.05, 3.63) is 18.1 Å². The molecule has 0 aliphatic carbocycles. The molecule has 0 radical (unpaired) electrons. The van der Waals surface area contributed by atoms with Crippen LogP contribution in [0.4, 0.5) is 0 Å². The molecule has 8 nitrogen and oxygen atoms in total. The average molecular weight is 286 g/mol. The molecule has 0 saturated carbocycles. The smallest absolute Gasteiger partial charge is 0.323 e. The third-order valence-electron chi connectivity index (χ3n) is 2.87. The minimum Gasteiger partial charge on any atom is -0.480 e. The van der Waals surface area contributed by atoms with Gasteiger partial charge < -0.3 is 10.4 Å². The van der Waals surface area contributed by atoms with E-state index in [0.717, 1.165) is 4.31 Å². The van der Waals surface area contributed by atoms with Gasteiger partial charge in [0.2, 0.25) is 0 Å². The summed E-state index contributed by atoms with van der Waals surface area (Å²) in [4.78, 5) is 18.8. The fraction of sp³-hybridized carbons (Fsp3) is 0.500. The maximum atomic E-state index is 12.5. The number of piperazine rings is 1. The van der Waals surface area contributed by atoms with Crippen molar-refractivity contribution in [1.29, 1.82) is 0 Å². The first kappa shape index (κ1) is 13.8. The lowest BCUT2D eigenvalue weighted by Crippen LogP contribution is -2.57. The van der Waals surface area contributed by atoms with Crippen LogP contribution in [0.3, 0.4) is 0 Å². The quantitative estimate of drug-likeness (QED) is 0.720. The summed E-state index contributed by atoms with van der Waals surface area (Å²) < 4.78 is 25.9. The minimum atomic E-state index is -3.95. The van der Waals surface area contributed by atoms with Crippen LogP contribution >= 0.6 is 0 Å². The lowest BCUT2D eigenvalue weighted by molar-refractivity contribution is -0.141. The number of carbonyl (C=O) groups is 1. The van der Waals surface area contributed by atoms with Crippen molar-refractivity contribution >= 4 is 16.0 Å². The van der Waals surface area contributed by atoms with E-state index in [1.54, 1.807) is 0 Å². The number of aryl methyl sites for hydroxylation is 1. The van der Waals surface area contributed by atoms with Crippen molar-refractivity contribution in [3.8, 4) is 0 Å². The number of aromatic nitrogens is 2. The predicted octanol–water partition coefficient (Wildman–Crippen LogP) is -1.17. The number of nitrogens with zero attached hydrogens (tertiary/aromatic N) is 3. The van der Waals surface area contributed by atoms with Crippen molar-refractivity contribution in [2.45, 2.75) is 18.0 Å². The molecule has 1 atom stereocenters. The van der Waals surface area contributed by atoms with Crippen molar-refractivity contribution in [1.82, 2.24) is 19.6 Å². The Morgan fingerprint density at radius 2 is 2.16 bits per heavy atom. The van der Waals surface area contributed by atoms with E-state index in [1.807, 2.05) is 0 Å². The highest BCUT2D eigenvalue weighted by molar-refractivity contribution is 7.89. The lowest BCUT2D eigenvalue weighted by Gasteiger charge is -2.32. The molecule has 1 unspecified atom stereocenters. The van der Waals surface area contributed by atoms with Gasteiger partial charge in [0.1, 0.15) is 6.04 Å². The molecule has 9 heteroatoms. The zero-order valence-electron chi connectivity index (χ0n) is 10.3. The lowest BCUT2D eigenvalue weighted by atomic mass is 10.2. The molecule has 1 aliphatic rings. The number of nitrogens with one attached hydrogen (secondary N) is 1. The van der Waals surface area contributed by atoms with Gasteiger partial charge in [0, 0.05) is 32.0 Å². The number of hydrogen-bond donors (Lipinski definition) is 2. The van der Waals surface area contributed by atoms with Crippen molar-refractivity contribution in [3.63, 3.8) is 0 Å². The van der Waals surface area contributed by atoms with Crippen LogP contribution in [0.15, 0.2) is 17.4 Å². The molecule has 0 bridgehead atoms. The number of carboxylic acids is 1. The summed E-state index contributed by atoms with van der Waals surface area (Å²) in [5.41, 5.74) is 0.255. The van der Waals surface area contributed by atoms with E-state index in [2.05, 4.69) is 15.3 Å². The van der Waals surface area contributed by atoms with Gasteiger partial charge in [-0.3, -0.25) is 9.78 Å². The monoisotopic (exact) mass is 286 g/mol. The molecule has 1 saturated heterocycles. The highest BCUT2D eigenvalue weighted by atomic mass is 32.2. The Labute approximate surface area is 110 Å². The molecule has 104 valence electrons. The van der Waals surface area contributed by atoms with Crippen LogP contribution in [0, 0.1) is 6.92 Å². The zero-order valence-corrected chi connectivity index (χ0v) is 11.1. The third-order valence-corrected chi connectivity index (χ3v) is 4.81. The second-order valence-corrected chi connectivity index (χ2v) is 5.93. The van der Waals surface area contributed by atoms with Crippen LogP contribution in [-0.4, -0.2) is 59.4 Å². The Kier molecular flexibility index (Phi) is 3.78. The van der Waals surface area contributed by atoms with E-state index in [4.69, 9.17) is 5.11 Å². The van der Waals surface area contributed by atoms with Crippen LogP contribution < -0.4 is 5.32 Å². The van der Waals surface area contributed by atoms with E-state index in [0.29, 0.717) is 6.54 Å². The molecule has 2 rings (SSSR count). The Bertz CT molecular complexity index is 589. The Balaban J connectivity index is 2.43. The number of hydrogen-bond acceptors (Lipinski definition) is 6. The molecule has 1 aromatic rings. The zero-order chi connectivity index (χ0) is 14.0. The Morgan fingerprint density at radius 3 is 2.79 bits per heavy atom. The molecule has 0 aromatic carbocycles. The van der Waals surface area contributed by atoms with Crippen molar-refractivity contribution < 1.29 is 18.3 Å². The summed E-state index contributed by atoms with van der Waals surface area (Å²) in [6, 6.07) is -1.12. The van der Waals surface area contributed by atoms with Crippen molar-refractivity contribution in [2.24, 2.45) is 0 Å². The molecule has 0 spiro atoms. The van der Waals surface area contributed by atoms with E-state index < -0.39 is 22.0 Å². The molecule has 1 aliphatic heterocycles. The first-order valence-corrected chi connectivity index (χ1v) is 7.11. The van der Waals surface area contributed by atoms with Gasteiger partial charge in [-0.2, -0.15) is 4.31 Å². The van der Waals surface area contributed by atoms with Crippen LogP contribution in [0.5, 0.6) is 0 Å². The van der Waals surface area contributed by atoms with Gasteiger partial charge >= 0.3 is 5.97 Å². The molecule has 2 heterocycles. The van der Waals surface area contributed by atoms with Gasteiger partial charge in [0.25, 0.3) is 10.0 Å². The largest absolute Gasteiger partial charge is 0.480 e. The SMILES string of the molecule is Cc1nccnc1S(=O)(=O)N1CCNCC1C(=O)O. The Morgan fingerprint density at radius 1 is 1.47 bits per heavy atom. The fourth-order valence-electron chi connectivity index (χ4n) is 1.94. The summed E-state index contributed by atoms with van der Waals surface area (Å²) in [6.07, 6.45) is 2.67. The topological polar surface area (TPSA) is 112 Å². The highest BCUT2D eigenvalue weighted by Crippen LogP contribution is 2.19. The number of rotatable bonds is 3. The van der Waals surface area contributed by atoms with Gasteiger partial charge in [-0.15, -0.1) is 0 Å². The normalized spacial score (nSPS) is 21.2. The molecule has 0 amide bonds. The maximum Gasteiger partial charge on any atom is 0.323 e. The average Bonchev–Trinajstić information content (AvgIpc) is 2.39. The molecule has 19 heavy (non-hydrogen) atoms. The van der Waals surface area contributed by atoms with Crippen LogP contribution in [0.2, 0.25) is 0 Å². The van der Waals surface area contributed by atoms with Crippen LogP contribution in [-0.2, 0) is 14.8 Å². The Hall–Kier alpha value is -1.58. The predicted molar refractivity (Wildman–Crippen MR) is 65.0 cm³/mol. The summed E-state index contributed by atoms with van der Waals surface area (Å²) in [5.74, 6) is -1.18. The van der Waals surface area contributed by atoms with Gasteiger partial charge in [-0.25, -0.2) is 13.4 Å². The van der Waals surface area contributed by atoms with Gasteiger partial charge in [0.15, 0.2) is 5.03 Å². The van der Waals surface area contributed by atoms with E-state index in [9.17, 15) is 13.2 Å². The fourth-order valence-corrected chi connectivity index (χ4v) is 3.62. The van der Waals surface area contributed by atoms with Gasteiger partial charge in [-0.1, -0.05) is 0 Å². The first-order valence-electron chi connectivity index (χ1n) is 5.67. The second kappa shape index (κ2) is 5.19. The highest BCUT2D eigenvalue weighted by Gasteiger charge is 2.39. The molecular formula is C10H14N4O4S. The molecular weight excluding hydrogens is 272 g/mol. The summed E-state index contributed by atoms with van der Waals surface area (Å²) in [5, 5.41) is 11.8.